The van der Waals surface area contributed by atoms with E-state index in [1.807, 2.05) is 50.3 Å². The molecule has 0 aromatic heterocycles. The molecule has 2 unspecified atom stereocenters. The molecule has 0 saturated carbocycles. The largest absolute Gasteiger partial charge is 0.493 e. The van der Waals surface area contributed by atoms with E-state index in [0.717, 1.165) is 46.2 Å². The first kappa shape index (κ1) is 34.0. The van der Waals surface area contributed by atoms with Crippen LogP contribution in [0.1, 0.15) is 62.8 Å². The SMILES string of the molecule is CCC(C)Oc1c(OC)cc(/C=C/c2ccc(-c3ccc(/C=C/c4cc(OC)c(OC(C)CC)c(OC)c4)cc3)cc2)cc1OC. The summed E-state index contributed by atoms with van der Waals surface area (Å²) in [4.78, 5) is 0. The van der Waals surface area contributed by atoms with Gasteiger partial charge in [0.25, 0.3) is 0 Å². The number of hydrogen-bond acceptors (Lipinski definition) is 6. The smallest absolute Gasteiger partial charge is 0.203 e. The Morgan fingerprint density at radius 3 is 1.00 bits per heavy atom. The maximum Gasteiger partial charge on any atom is 0.203 e. The first-order valence-electron chi connectivity index (χ1n) is 15.7. The van der Waals surface area contributed by atoms with Crippen LogP contribution in [0, 0.1) is 0 Å². The first-order chi connectivity index (χ1) is 22.3. The minimum absolute atomic E-state index is 0.0581. The van der Waals surface area contributed by atoms with Crippen molar-refractivity contribution in [1.29, 1.82) is 0 Å². The van der Waals surface area contributed by atoms with Crippen molar-refractivity contribution in [2.45, 2.75) is 52.7 Å². The summed E-state index contributed by atoms with van der Waals surface area (Å²) in [5, 5.41) is 0. The van der Waals surface area contributed by atoms with Crippen LogP contribution >= 0.6 is 0 Å². The molecule has 0 radical (unpaired) electrons. The van der Waals surface area contributed by atoms with Gasteiger partial charge in [0.2, 0.25) is 11.5 Å². The van der Waals surface area contributed by atoms with E-state index in [1.54, 1.807) is 28.4 Å². The molecular formula is C40H46O6. The van der Waals surface area contributed by atoms with Crippen LogP contribution in [-0.2, 0) is 0 Å². The van der Waals surface area contributed by atoms with Crippen LogP contribution in [0.15, 0.2) is 72.8 Å². The lowest BCUT2D eigenvalue weighted by atomic mass is 10.0. The predicted octanol–water partition coefficient (Wildman–Crippen LogP) is 10.1. The molecule has 2 atom stereocenters. The molecule has 242 valence electrons. The number of rotatable bonds is 15. The molecule has 0 aliphatic carbocycles. The van der Waals surface area contributed by atoms with Gasteiger partial charge >= 0.3 is 0 Å². The quantitative estimate of drug-likeness (QED) is 0.123. The average molecular weight is 623 g/mol. The summed E-state index contributed by atoms with van der Waals surface area (Å²) in [6.45, 7) is 8.23. The zero-order valence-corrected chi connectivity index (χ0v) is 28.3. The molecule has 46 heavy (non-hydrogen) atoms. The van der Waals surface area contributed by atoms with Gasteiger partial charge < -0.3 is 28.4 Å². The van der Waals surface area contributed by atoms with Crippen LogP contribution < -0.4 is 28.4 Å². The van der Waals surface area contributed by atoms with E-state index in [4.69, 9.17) is 28.4 Å². The lowest BCUT2D eigenvalue weighted by Gasteiger charge is -2.18. The Balaban J connectivity index is 1.46. The Bertz CT molecular complexity index is 1450. The van der Waals surface area contributed by atoms with Crippen molar-refractivity contribution in [3.05, 3.63) is 95.1 Å². The van der Waals surface area contributed by atoms with E-state index >= 15 is 0 Å². The van der Waals surface area contributed by atoms with Crippen LogP contribution in [0.3, 0.4) is 0 Å². The van der Waals surface area contributed by atoms with Crippen molar-refractivity contribution in [3.8, 4) is 45.6 Å². The third kappa shape index (κ3) is 8.66. The van der Waals surface area contributed by atoms with E-state index in [-0.39, 0.29) is 12.2 Å². The lowest BCUT2D eigenvalue weighted by Crippen LogP contribution is -2.11. The van der Waals surface area contributed by atoms with Crippen LogP contribution in [0.2, 0.25) is 0 Å². The van der Waals surface area contributed by atoms with E-state index in [2.05, 4.69) is 74.5 Å². The van der Waals surface area contributed by atoms with Gasteiger partial charge in [0.15, 0.2) is 23.0 Å². The van der Waals surface area contributed by atoms with Crippen molar-refractivity contribution < 1.29 is 28.4 Å². The molecule has 0 heterocycles. The zero-order valence-electron chi connectivity index (χ0n) is 28.3. The van der Waals surface area contributed by atoms with Crippen molar-refractivity contribution in [3.63, 3.8) is 0 Å². The molecule has 4 rings (SSSR count). The normalized spacial score (nSPS) is 12.6. The summed E-state index contributed by atoms with van der Waals surface area (Å²) in [5.74, 6) is 3.86. The second-order valence-electron chi connectivity index (χ2n) is 11.1. The van der Waals surface area contributed by atoms with Crippen molar-refractivity contribution in [1.82, 2.24) is 0 Å². The molecule has 0 bridgehead atoms. The van der Waals surface area contributed by atoms with Gasteiger partial charge in [0, 0.05) is 0 Å². The van der Waals surface area contributed by atoms with E-state index in [1.165, 1.54) is 0 Å². The molecule has 0 aliphatic rings. The van der Waals surface area contributed by atoms with Gasteiger partial charge in [-0.05, 0) is 84.3 Å². The average Bonchev–Trinajstić information content (AvgIpc) is 3.10. The minimum Gasteiger partial charge on any atom is -0.493 e. The highest BCUT2D eigenvalue weighted by atomic mass is 16.5. The molecule has 6 heteroatoms. The molecule has 6 nitrogen and oxygen atoms in total. The van der Waals surface area contributed by atoms with Gasteiger partial charge in [-0.15, -0.1) is 0 Å². The molecule has 0 saturated heterocycles. The molecule has 4 aromatic carbocycles. The monoisotopic (exact) mass is 622 g/mol. The fraction of sp³-hybridized carbons (Fsp3) is 0.300. The number of ether oxygens (including phenoxy) is 6. The van der Waals surface area contributed by atoms with Gasteiger partial charge in [0.1, 0.15) is 0 Å². The predicted molar refractivity (Wildman–Crippen MR) is 190 cm³/mol. The Labute approximate surface area is 274 Å². The van der Waals surface area contributed by atoms with Gasteiger partial charge in [-0.3, -0.25) is 0 Å². The topological polar surface area (TPSA) is 55.4 Å². The summed E-state index contributed by atoms with van der Waals surface area (Å²) in [6, 6.07) is 24.9. The van der Waals surface area contributed by atoms with Crippen molar-refractivity contribution in [2.75, 3.05) is 28.4 Å². The van der Waals surface area contributed by atoms with Crippen LogP contribution in [0.4, 0.5) is 0 Å². The number of hydrogen-bond donors (Lipinski definition) is 0. The Kier molecular flexibility index (Phi) is 12.2. The van der Waals surface area contributed by atoms with Crippen LogP contribution in [0.25, 0.3) is 35.4 Å². The minimum atomic E-state index is 0.0581. The van der Waals surface area contributed by atoms with Gasteiger partial charge in [0.05, 0.1) is 40.6 Å². The van der Waals surface area contributed by atoms with Gasteiger partial charge in [-0.2, -0.15) is 0 Å². The highest BCUT2D eigenvalue weighted by Crippen LogP contribution is 2.41. The Morgan fingerprint density at radius 1 is 0.457 bits per heavy atom. The second-order valence-corrected chi connectivity index (χ2v) is 11.1. The number of methoxy groups -OCH3 is 4. The fourth-order valence-corrected chi connectivity index (χ4v) is 4.75. The van der Waals surface area contributed by atoms with E-state index < -0.39 is 0 Å². The summed E-state index contributed by atoms with van der Waals surface area (Å²) < 4.78 is 34.6. The molecule has 4 aromatic rings. The summed E-state index contributed by atoms with van der Waals surface area (Å²) in [5.41, 5.74) is 6.40. The molecule has 0 N–H and O–H groups in total. The van der Waals surface area contributed by atoms with Crippen LogP contribution in [0.5, 0.6) is 34.5 Å². The maximum atomic E-state index is 6.07. The summed E-state index contributed by atoms with van der Waals surface area (Å²) in [7, 11) is 6.58. The third-order valence-electron chi connectivity index (χ3n) is 7.84. The summed E-state index contributed by atoms with van der Waals surface area (Å²) in [6.07, 6.45) is 10.1. The van der Waals surface area contributed by atoms with Crippen molar-refractivity contribution >= 4 is 24.3 Å². The van der Waals surface area contributed by atoms with E-state index in [0.29, 0.717) is 34.5 Å². The first-order valence-corrected chi connectivity index (χ1v) is 15.7. The lowest BCUT2D eigenvalue weighted by molar-refractivity contribution is 0.198. The zero-order chi connectivity index (χ0) is 33.1. The Hall–Kier alpha value is -4.84. The maximum absolute atomic E-state index is 6.07. The molecule has 0 aliphatic heterocycles. The highest BCUT2D eigenvalue weighted by molar-refractivity contribution is 5.76. The molecule has 0 amide bonds. The van der Waals surface area contributed by atoms with Crippen molar-refractivity contribution in [2.24, 2.45) is 0 Å². The van der Waals surface area contributed by atoms with Gasteiger partial charge in [-0.1, -0.05) is 86.7 Å². The molecule has 0 spiro atoms. The molecular weight excluding hydrogens is 576 g/mol. The number of benzene rings is 4. The Morgan fingerprint density at radius 2 is 0.739 bits per heavy atom. The van der Waals surface area contributed by atoms with Crippen LogP contribution in [-0.4, -0.2) is 40.6 Å². The van der Waals surface area contributed by atoms with Gasteiger partial charge in [-0.25, -0.2) is 0 Å². The standard InChI is InChI=1S/C40H46O6/c1-9-27(3)45-39-35(41-5)23-31(24-36(39)42-6)13-11-29-15-19-33(20-16-29)34-21-17-30(18-22-34)12-14-32-25-37(43-7)40(38(26-32)44-8)46-28(4)10-2/h11-28H,9-10H2,1-8H3/b13-11+,14-12+. The fourth-order valence-electron chi connectivity index (χ4n) is 4.75. The summed E-state index contributed by atoms with van der Waals surface area (Å²) >= 11 is 0. The second kappa shape index (κ2) is 16.5. The van der Waals surface area contributed by atoms with E-state index in [9.17, 15) is 0 Å². The third-order valence-corrected chi connectivity index (χ3v) is 7.84. The molecule has 0 fully saturated rings. The highest BCUT2D eigenvalue weighted by Gasteiger charge is 2.17.